The van der Waals surface area contributed by atoms with Crippen LogP contribution in [0.25, 0.3) is 0 Å². The van der Waals surface area contributed by atoms with E-state index in [1.54, 1.807) is 0 Å². The van der Waals surface area contributed by atoms with Crippen molar-refractivity contribution in [1.29, 1.82) is 0 Å². The molecule has 0 aromatic rings. The number of unbranched alkanes of at least 4 members (excludes halogenated alkanes) is 30. The van der Waals surface area contributed by atoms with Gasteiger partial charge in [-0.25, -0.2) is 0 Å². The van der Waals surface area contributed by atoms with Gasteiger partial charge in [0.05, 0.1) is 13.2 Å². The Hall–Kier alpha value is -0.120. The monoisotopic (exact) mass is 554 g/mol. The fourth-order valence-corrected chi connectivity index (χ4v) is 5.57. The molecular weight excluding hydrogens is 478 g/mol. The minimum Gasteiger partial charge on any atom is -0.277 e. The number of hydrogen-bond acceptors (Lipinski definition) is 3. The summed E-state index contributed by atoms with van der Waals surface area (Å²) in [5, 5.41) is 0. The van der Waals surface area contributed by atoms with Crippen LogP contribution in [0.15, 0.2) is 0 Å². The van der Waals surface area contributed by atoms with Gasteiger partial charge in [-0.2, -0.15) is 0 Å². The number of rotatable bonds is 36. The van der Waals surface area contributed by atoms with Crippen LogP contribution in [0.1, 0.15) is 219 Å². The maximum atomic E-state index is 5.41. The fraction of sp³-hybridized carbons (Fsp3) is 1.00. The Morgan fingerprint density at radius 3 is 0.641 bits per heavy atom. The van der Waals surface area contributed by atoms with Crippen LogP contribution in [0.2, 0.25) is 0 Å². The van der Waals surface area contributed by atoms with E-state index in [1.807, 2.05) is 0 Å². The van der Waals surface area contributed by atoms with Gasteiger partial charge in [0.25, 0.3) is 0 Å². The Morgan fingerprint density at radius 1 is 0.256 bits per heavy atom. The molecule has 0 atom stereocenters. The van der Waals surface area contributed by atoms with Crippen LogP contribution in [-0.2, 0) is 9.68 Å². The first kappa shape index (κ1) is 38.9. The Morgan fingerprint density at radius 2 is 0.436 bits per heavy atom. The molecule has 3 nitrogen and oxygen atoms in total. The lowest BCUT2D eigenvalue weighted by molar-refractivity contribution is -0.171. The molecule has 0 amide bonds. The molecule has 0 saturated heterocycles. The summed E-state index contributed by atoms with van der Waals surface area (Å²) in [4.78, 5) is 10.8. The lowest BCUT2D eigenvalue weighted by Gasteiger charge is -2.07. The first-order valence-electron chi connectivity index (χ1n) is 18.4. The zero-order valence-corrected chi connectivity index (χ0v) is 27.4. The van der Waals surface area contributed by atoms with Crippen molar-refractivity contribution in [1.82, 2.24) is 5.64 Å². The molecule has 0 aliphatic rings. The van der Waals surface area contributed by atoms with Crippen molar-refractivity contribution >= 4 is 0 Å². The van der Waals surface area contributed by atoms with E-state index < -0.39 is 0 Å². The van der Waals surface area contributed by atoms with Gasteiger partial charge in [-0.15, -0.1) is 0 Å². The van der Waals surface area contributed by atoms with Crippen LogP contribution in [-0.4, -0.2) is 13.2 Å². The molecule has 0 saturated carbocycles. The highest BCUT2D eigenvalue weighted by Crippen LogP contribution is 2.15. The van der Waals surface area contributed by atoms with Gasteiger partial charge in [-0.1, -0.05) is 212 Å². The maximum absolute atomic E-state index is 5.41. The van der Waals surface area contributed by atoms with Crippen molar-refractivity contribution < 1.29 is 9.68 Å². The van der Waals surface area contributed by atoms with E-state index in [1.165, 1.54) is 193 Å². The molecule has 0 aromatic carbocycles. The molecule has 0 spiro atoms. The molecule has 0 bridgehead atoms. The zero-order chi connectivity index (χ0) is 28.2. The van der Waals surface area contributed by atoms with Crippen molar-refractivity contribution in [3.8, 4) is 0 Å². The van der Waals surface area contributed by atoms with E-state index in [9.17, 15) is 0 Å². The van der Waals surface area contributed by atoms with Crippen LogP contribution in [0.3, 0.4) is 0 Å². The van der Waals surface area contributed by atoms with Gasteiger partial charge in [0.1, 0.15) is 0 Å². The van der Waals surface area contributed by atoms with Gasteiger partial charge in [-0.3, -0.25) is 9.68 Å². The smallest absolute Gasteiger partial charge is 0.0709 e. The third-order valence-corrected chi connectivity index (χ3v) is 8.32. The second-order valence-corrected chi connectivity index (χ2v) is 12.4. The molecule has 0 heterocycles. The maximum Gasteiger partial charge on any atom is 0.0709 e. The van der Waals surface area contributed by atoms with E-state index in [4.69, 9.17) is 9.68 Å². The fourth-order valence-electron chi connectivity index (χ4n) is 5.57. The largest absolute Gasteiger partial charge is 0.277 e. The lowest BCUT2D eigenvalue weighted by atomic mass is 10.0. The van der Waals surface area contributed by atoms with Crippen LogP contribution < -0.4 is 5.64 Å². The summed E-state index contributed by atoms with van der Waals surface area (Å²) in [5.41, 5.74) is 2.69. The van der Waals surface area contributed by atoms with Gasteiger partial charge in [0, 0.05) is 0 Å². The molecule has 1 N–H and O–H groups in total. The summed E-state index contributed by atoms with van der Waals surface area (Å²) >= 11 is 0. The van der Waals surface area contributed by atoms with Crippen LogP contribution >= 0.6 is 0 Å². The predicted octanol–water partition coefficient (Wildman–Crippen LogP) is 13.0. The molecule has 0 unspecified atom stereocenters. The summed E-state index contributed by atoms with van der Waals surface area (Å²) in [7, 11) is 0. The van der Waals surface area contributed by atoms with Crippen molar-refractivity contribution in [2.45, 2.75) is 219 Å². The van der Waals surface area contributed by atoms with Gasteiger partial charge in [0.15, 0.2) is 0 Å². The molecule has 0 aliphatic carbocycles. The molecule has 236 valence electrons. The molecule has 3 heteroatoms. The first-order chi connectivity index (χ1) is 19.4. The van der Waals surface area contributed by atoms with Gasteiger partial charge in [0.2, 0.25) is 0 Å². The third kappa shape index (κ3) is 37.9. The van der Waals surface area contributed by atoms with E-state index in [0.717, 1.165) is 26.1 Å². The highest BCUT2D eigenvalue weighted by Gasteiger charge is 1.97. The zero-order valence-electron chi connectivity index (χ0n) is 27.4. The van der Waals surface area contributed by atoms with Gasteiger partial charge in [-0.05, 0) is 12.8 Å². The quantitative estimate of drug-likeness (QED) is 0.0618. The van der Waals surface area contributed by atoms with Crippen molar-refractivity contribution in [3.63, 3.8) is 0 Å². The Balaban J connectivity index is 3.01. The first-order valence-corrected chi connectivity index (χ1v) is 18.4. The van der Waals surface area contributed by atoms with E-state index >= 15 is 0 Å². The molecule has 39 heavy (non-hydrogen) atoms. The summed E-state index contributed by atoms with van der Waals surface area (Å²) < 4.78 is 0. The highest BCUT2D eigenvalue weighted by atomic mass is 16.9. The van der Waals surface area contributed by atoms with Crippen molar-refractivity contribution in [3.05, 3.63) is 0 Å². The van der Waals surface area contributed by atoms with E-state index in [-0.39, 0.29) is 0 Å². The summed E-state index contributed by atoms with van der Waals surface area (Å²) in [6.45, 7) is 6.12. The summed E-state index contributed by atoms with van der Waals surface area (Å²) in [5.74, 6) is 0. The van der Waals surface area contributed by atoms with Crippen molar-refractivity contribution in [2.24, 2.45) is 0 Å². The van der Waals surface area contributed by atoms with E-state index in [2.05, 4.69) is 19.5 Å². The Kier molecular flexibility index (Phi) is 37.8. The molecule has 0 aromatic heterocycles. The second-order valence-electron chi connectivity index (χ2n) is 12.4. The molecule has 0 rings (SSSR count). The third-order valence-electron chi connectivity index (χ3n) is 8.32. The second kappa shape index (κ2) is 37.9. The van der Waals surface area contributed by atoms with Crippen molar-refractivity contribution in [2.75, 3.05) is 13.2 Å². The van der Waals surface area contributed by atoms with Gasteiger partial charge < -0.3 is 0 Å². The van der Waals surface area contributed by atoms with E-state index in [0.29, 0.717) is 0 Å². The topological polar surface area (TPSA) is 30.5 Å². The molecule has 0 radical (unpaired) electrons. The SMILES string of the molecule is CCCCCCCCCCCCCCCCCCONOCCCCCCCCCCCCCCCCCC. The normalized spacial score (nSPS) is 11.5. The summed E-state index contributed by atoms with van der Waals surface area (Å²) in [6.07, 6.45) is 44.9. The molecule has 0 fully saturated rings. The average molecular weight is 554 g/mol. The van der Waals surface area contributed by atoms with Crippen LogP contribution in [0.4, 0.5) is 0 Å². The average Bonchev–Trinajstić information content (AvgIpc) is 2.95. The number of nitrogens with one attached hydrogen (secondary N) is 1. The predicted molar refractivity (Wildman–Crippen MR) is 174 cm³/mol. The summed E-state index contributed by atoms with van der Waals surface area (Å²) in [6, 6.07) is 0. The van der Waals surface area contributed by atoms with Gasteiger partial charge >= 0.3 is 0 Å². The van der Waals surface area contributed by atoms with Crippen LogP contribution in [0.5, 0.6) is 0 Å². The number of hydrogen-bond donors (Lipinski definition) is 1. The highest BCUT2D eigenvalue weighted by molar-refractivity contribution is 4.51. The Bertz CT molecular complexity index is 368. The minimum atomic E-state index is 0.761. The minimum absolute atomic E-state index is 0.761. The standard InChI is InChI=1S/C36H75NO2/c1-3-5-7-9-11-13-15-17-19-21-23-25-27-29-31-33-35-38-37-39-36-34-32-30-28-26-24-22-20-18-16-14-12-10-8-6-4-2/h37H,3-36H2,1-2H3. The lowest BCUT2D eigenvalue weighted by Crippen LogP contribution is -2.16. The Labute approximate surface area is 247 Å². The molecule has 0 aliphatic heterocycles. The van der Waals surface area contributed by atoms with Crippen LogP contribution in [0, 0.1) is 0 Å². The molecular formula is C36H75NO2.